The number of nitrogens with one attached hydrogen (secondary N) is 1. The van der Waals surface area contributed by atoms with E-state index in [9.17, 15) is 4.79 Å². The van der Waals surface area contributed by atoms with E-state index in [1.54, 1.807) is 20.3 Å². The first kappa shape index (κ1) is 13.0. The summed E-state index contributed by atoms with van der Waals surface area (Å²) in [5, 5.41) is 0. The maximum Gasteiger partial charge on any atom is 0.250 e. The quantitative estimate of drug-likeness (QED) is 0.884. The Morgan fingerprint density at radius 2 is 1.74 bits per heavy atom. The summed E-state index contributed by atoms with van der Waals surface area (Å²) in [6.07, 6.45) is 0. The number of aromatic amines is 1. The molecular formula is C14H16N2O3. The molecule has 1 heterocycles. The predicted molar refractivity (Wildman–Crippen MR) is 74.8 cm³/mol. The third kappa shape index (κ3) is 2.54. The Bertz CT molecular complexity index is 662. The minimum Gasteiger partial charge on any atom is -0.496 e. The third-order valence-electron chi connectivity index (χ3n) is 2.89. The van der Waals surface area contributed by atoms with Crippen molar-refractivity contribution < 1.29 is 9.47 Å². The lowest BCUT2D eigenvalue weighted by molar-refractivity contribution is 0.402. The Morgan fingerprint density at radius 1 is 1.05 bits per heavy atom. The molecule has 0 aliphatic rings. The van der Waals surface area contributed by atoms with Crippen LogP contribution in [0, 0.1) is 6.92 Å². The van der Waals surface area contributed by atoms with E-state index in [1.165, 1.54) is 6.07 Å². The minimum atomic E-state index is -0.253. The van der Waals surface area contributed by atoms with Gasteiger partial charge in [-0.05, 0) is 36.2 Å². The Labute approximate surface area is 111 Å². The molecule has 1 aromatic carbocycles. The normalized spacial score (nSPS) is 10.3. The zero-order valence-corrected chi connectivity index (χ0v) is 11.1. The molecule has 0 amide bonds. The van der Waals surface area contributed by atoms with E-state index in [0.29, 0.717) is 17.1 Å². The lowest BCUT2D eigenvalue weighted by Gasteiger charge is -2.13. The standard InChI is InChI=1S/C14H16N2O3/c1-8-4-12(19-3)10(7-11(8)18-2)9-5-13(15)16-14(17)6-9/h4-7H,1-3H3,(H3,15,16,17). The molecule has 0 saturated heterocycles. The van der Waals surface area contributed by atoms with Gasteiger partial charge < -0.3 is 20.2 Å². The number of hydrogen-bond acceptors (Lipinski definition) is 4. The van der Waals surface area contributed by atoms with Crippen molar-refractivity contribution in [3.05, 3.63) is 40.2 Å². The number of benzene rings is 1. The van der Waals surface area contributed by atoms with Gasteiger partial charge in [-0.25, -0.2) is 0 Å². The van der Waals surface area contributed by atoms with E-state index in [2.05, 4.69) is 4.98 Å². The summed E-state index contributed by atoms with van der Waals surface area (Å²) in [7, 11) is 3.19. The first-order valence-electron chi connectivity index (χ1n) is 5.78. The van der Waals surface area contributed by atoms with Gasteiger partial charge in [-0.2, -0.15) is 0 Å². The van der Waals surface area contributed by atoms with Crippen molar-refractivity contribution in [2.45, 2.75) is 6.92 Å². The lowest BCUT2D eigenvalue weighted by atomic mass is 10.0. The summed E-state index contributed by atoms with van der Waals surface area (Å²) in [5.41, 5.74) is 7.82. The third-order valence-corrected chi connectivity index (χ3v) is 2.89. The number of pyridine rings is 1. The first-order chi connectivity index (χ1) is 9.05. The van der Waals surface area contributed by atoms with Crippen LogP contribution in [0.1, 0.15) is 5.56 Å². The van der Waals surface area contributed by atoms with Crippen molar-refractivity contribution in [1.82, 2.24) is 4.98 Å². The number of ether oxygens (including phenoxy) is 2. The van der Waals surface area contributed by atoms with Crippen molar-refractivity contribution in [3.8, 4) is 22.6 Å². The number of anilines is 1. The molecule has 100 valence electrons. The molecule has 5 heteroatoms. The highest BCUT2D eigenvalue weighted by atomic mass is 16.5. The number of H-pyrrole nitrogens is 1. The maximum absolute atomic E-state index is 11.5. The number of nitrogens with two attached hydrogens (primary N) is 1. The molecule has 0 unspecified atom stereocenters. The molecule has 0 saturated carbocycles. The van der Waals surface area contributed by atoms with Gasteiger partial charge in [0.2, 0.25) is 5.56 Å². The van der Waals surface area contributed by atoms with Gasteiger partial charge in [0.15, 0.2) is 0 Å². The van der Waals surface area contributed by atoms with Crippen LogP contribution in [0.4, 0.5) is 5.82 Å². The van der Waals surface area contributed by atoms with E-state index in [0.717, 1.165) is 16.9 Å². The topological polar surface area (TPSA) is 77.3 Å². The van der Waals surface area contributed by atoms with Crippen LogP contribution in [-0.2, 0) is 0 Å². The van der Waals surface area contributed by atoms with Gasteiger partial charge in [-0.1, -0.05) is 0 Å². The van der Waals surface area contributed by atoms with Crippen LogP contribution in [0.15, 0.2) is 29.1 Å². The van der Waals surface area contributed by atoms with Crippen LogP contribution < -0.4 is 20.8 Å². The monoisotopic (exact) mass is 260 g/mol. The number of aromatic nitrogens is 1. The number of hydrogen-bond donors (Lipinski definition) is 2. The smallest absolute Gasteiger partial charge is 0.250 e. The second-order valence-electron chi connectivity index (χ2n) is 4.21. The predicted octanol–water partition coefficient (Wildman–Crippen LogP) is 1.95. The first-order valence-corrected chi connectivity index (χ1v) is 5.78. The fraction of sp³-hybridized carbons (Fsp3) is 0.214. The lowest BCUT2D eigenvalue weighted by Crippen LogP contribution is -2.07. The zero-order chi connectivity index (χ0) is 14.0. The van der Waals surface area contributed by atoms with Gasteiger partial charge in [0, 0.05) is 11.6 Å². The fourth-order valence-corrected chi connectivity index (χ4v) is 2.00. The van der Waals surface area contributed by atoms with Gasteiger partial charge in [0.05, 0.1) is 14.2 Å². The highest BCUT2D eigenvalue weighted by Crippen LogP contribution is 2.35. The Hall–Kier alpha value is -2.43. The van der Waals surface area contributed by atoms with Gasteiger partial charge in [0.25, 0.3) is 0 Å². The van der Waals surface area contributed by atoms with Crippen LogP contribution in [0.25, 0.3) is 11.1 Å². The molecular weight excluding hydrogens is 244 g/mol. The van der Waals surface area contributed by atoms with Crippen LogP contribution in [0.3, 0.4) is 0 Å². The van der Waals surface area contributed by atoms with Crippen molar-refractivity contribution in [2.24, 2.45) is 0 Å². The SMILES string of the molecule is COc1cc(-c2cc(N)[nH]c(=O)c2)c(OC)cc1C. The van der Waals surface area contributed by atoms with E-state index in [-0.39, 0.29) is 5.56 Å². The summed E-state index contributed by atoms with van der Waals surface area (Å²) in [6.45, 7) is 1.93. The fourth-order valence-electron chi connectivity index (χ4n) is 2.00. The van der Waals surface area contributed by atoms with Gasteiger partial charge in [-0.15, -0.1) is 0 Å². The number of rotatable bonds is 3. The average molecular weight is 260 g/mol. The second-order valence-corrected chi connectivity index (χ2v) is 4.21. The molecule has 0 radical (unpaired) electrons. The number of nitrogen functional groups attached to an aromatic ring is 1. The molecule has 19 heavy (non-hydrogen) atoms. The van der Waals surface area contributed by atoms with E-state index >= 15 is 0 Å². The van der Waals surface area contributed by atoms with Gasteiger partial charge >= 0.3 is 0 Å². The average Bonchev–Trinajstić information content (AvgIpc) is 2.37. The molecule has 2 aromatic rings. The summed E-state index contributed by atoms with van der Waals surface area (Å²) in [5.74, 6) is 1.71. The Kier molecular flexibility index (Phi) is 3.46. The van der Waals surface area contributed by atoms with Crippen LogP contribution in [0.5, 0.6) is 11.5 Å². The molecule has 2 rings (SSSR count). The van der Waals surface area contributed by atoms with Crippen molar-refractivity contribution in [3.63, 3.8) is 0 Å². The van der Waals surface area contributed by atoms with Crippen LogP contribution >= 0.6 is 0 Å². The molecule has 0 aliphatic carbocycles. The molecule has 0 bridgehead atoms. The Morgan fingerprint density at radius 3 is 2.32 bits per heavy atom. The number of methoxy groups -OCH3 is 2. The summed E-state index contributed by atoms with van der Waals surface area (Å²) in [4.78, 5) is 14.0. The highest BCUT2D eigenvalue weighted by Gasteiger charge is 2.11. The van der Waals surface area contributed by atoms with E-state index in [1.807, 2.05) is 19.1 Å². The second kappa shape index (κ2) is 5.06. The van der Waals surface area contributed by atoms with Gasteiger partial charge in [-0.3, -0.25) is 4.79 Å². The van der Waals surface area contributed by atoms with Crippen molar-refractivity contribution in [1.29, 1.82) is 0 Å². The molecule has 0 atom stereocenters. The molecule has 5 nitrogen and oxygen atoms in total. The highest BCUT2D eigenvalue weighted by molar-refractivity contribution is 5.74. The summed E-state index contributed by atoms with van der Waals surface area (Å²) < 4.78 is 10.6. The number of aryl methyl sites for hydroxylation is 1. The molecule has 1 aromatic heterocycles. The Balaban J connectivity index is 2.69. The van der Waals surface area contributed by atoms with E-state index < -0.39 is 0 Å². The van der Waals surface area contributed by atoms with E-state index in [4.69, 9.17) is 15.2 Å². The maximum atomic E-state index is 11.5. The summed E-state index contributed by atoms with van der Waals surface area (Å²) in [6, 6.07) is 6.87. The summed E-state index contributed by atoms with van der Waals surface area (Å²) >= 11 is 0. The molecule has 0 fully saturated rings. The molecule has 0 aliphatic heterocycles. The van der Waals surface area contributed by atoms with Crippen LogP contribution in [0.2, 0.25) is 0 Å². The molecule has 3 N–H and O–H groups in total. The van der Waals surface area contributed by atoms with Gasteiger partial charge in [0.1, 0.15) is 17.3 Å². The van der Waals surface area contributed by atoms with Crippen molar-refractivity contribution >= 4 is 5.82 Å². The zero-order valence-electron chi connectivity index (χ0n) is 11.1. The molecule has 0 spiro atoms. The largest absolute Gasteiger partial charge is 0.496 e. The van der Waals surface area contributed by atoms with Crippen LogP contribution in [-0.4, -0.2) is 19.2 Å². The minimum absolute atomic E-state index is 0.253. The van der Waals surface area contributed by atoms with Crippen molar-refractivity contribution in [2.75, 3.05) is 20.0 Å².